The van der Waals surface area contributed by atoms with E-state index in [0.29, 0.717) is 5.75 Å². The van der Waals surface area contributed by atoms with Gasteiger partial charge in [-0.25, -0.2) is 16.8 Å². The number of hydrogen-bond donors (Lipinski definition) is 2. The van der Waals surface area contributed by atoms with E-state index in [1.807, 2.05) is 0 Å². The van der Waals surface area contributed by atoms with Crippen LogP contribution in [0.2, 0.25) is 15.1 Å². The zero-order valence-corrected chi connectivity index (χ0v) is 27.8. The van der Waals surface area contributed by atoms with Gasteiger partial charge in [-0.15, -0.1) is 0 Å². The highest BCUT2D eigenvalue weighted by atomic mass is 35.5. The third kappa shape index (κ3) is 7.68. The summed E-state index contributed by atoms with van der Waals surface area (Å²) in [6.45, 7) is -0.706. The van der Waals surface area contributed by atoms with Crippen molar-refractivity contribution >= 4 is 77.8 Å². The number of amides is 1. The molecule has 0 saturated carbocycles. The number of methoxy groups -OCH3 is 3. The summed E-state index contributed by atoms with van der Waals surface area (Å²) in [5, 5.41) is 2.99. The van der Waals surface area contributed by atoms with Crippen molar-refractivity contribution in [2.75, 3.05) is 42.2 Å². The minimum Gasteiger partial charge on any atom is -0.495 e. The van der Waals surface area contributed by atoms with Gasteiger partial charge in [0, 0.05) is 16.8 Å². The van der Waals surface area contributed by atoms with Gasteiger partial charge in [0.1, 0.15) is 12.3 Å². The molecule has 0 atom stereocenters. The molecule has 0 radical (unpaired) electrons. The van der Waals surface area contributed by atoms with Gasteiger partial charge in [-0.3, -0.25) is 13.8 Å². The second kappa shape index (κ2) is 14.0. The summed E-state index contributed by atoms with van der Waals surface area (Å²) in [6.07, 6.45) is 0. The number of anilines is 3. The molecule has 0 bridgehead atoms. The summed E-state index contributed by atoms with van der Waals surface area (Å²) in [5.41, 5.74) is 0.289. The fraction of sp³-hybridized carbons (Fsp3) is 0.138. The average molecular weight is 715 g/mol. The minimum atomic E-state index is -4.42. The number of sulfonamides is 2. The normalized spacial score (nSPS) is 11.4. The van der Waals surface area contributed by atoms with E-state index in [-0.39, 0.29) is 53.4 Å². The van der Waals surface area contributed by atoms with E-state index in [1.54, 1.807) is 0 Å². The fourth-order valence-electron chi connectivity index (χ4n) is 4.10. The van der Waals surface area contributed by atoms with Crippen LogP contribution in [0.15, 0.2) is 88.7 Å². The number of benzene rings is 4. The predicted octanol–water partition coefficient (Wildman–Crippen LogP) is 6.31. The van der Waals surface area contributed by atoms with Crippen LogP contribution in [0.3, 0.4) is 0 Å². The summed E-state index contributed by atoms with van der Waals surface area (Å²) in [5.74, 6) is -0.153. The van der Waals surface area contributed by atoms with E-state index < -0.39 is 32.5 Å². The Hall–Kier alpha value is -3.88. The maximum Gasteiger partial charge on any atom is 0.265 e. The van der Waals surface area contributed by atoms with E-state index in [1.165, 1.54) is 100 Å². The van der Waals surface area contributed by atoms with E-state index in [2.05, 4.69) is 10.0 Å². The van der Waals surface area contributed by atoms with Gasteiger partial charge in [0.25, 0.3) is 20.0 Å². The van der Waals surface area contributed by atoms with E-state index in [9.17, 15) is 21.6 Å². The van der Waals surface area contributed by atoms with Crippen molar-refractivity contribution in [1.29, 1.82) is 0 Å². The molecule has 0 aliphatic carbocycles. The molecule has 45 heavy (non-hydrogen) atoms. The van der Waals surface area contributed by atoms with Crippen LogP contribution in [0.1, 0.15) is 0 Å². The third-order valence-corrected chi connectivity index (χ3v) is 10.5. The summed E-state index contributed by atoms with van der Waals surface area (Å²) >= 11 is 18.3. The molecule has 0 heterocycles. The molecule has 16 heteroatoms. The number of hydrogen-bond acceptors (Lipinski definition) is 8. The average Bonchev–Trinajstić information content (AvgIpc) is 3.01. The Balaban J connectivity index is 1.62. The quantitative estimate of drug-likeness (QED) is 0.174. The van der Waals surface area contributed by atoms with Crippen molar-refractivity contribution < 1.29 is 35.8 Å². The first-order chi connectivity index (χ1) is 21.3. The molecule has 2 N–H and O–H groups in total. The Morgan fingerprint density at radius 1 is 0.756 bits per heavy atom. The van der Waals surface area contributed by atoms with Crippen molar-refractivity contribution in [2.45, 2.75) is 9.79 Å². The molecule has 238 valence electrons. The molecule has 0 aromatic heterocycles. The fourth-order valence-corrected chi connectivity index (χ4v) is 7.18. The molecular formula is C29H26Cl3N3O8S2. The summed E-state index contributed by atoms with van der Waals surface area (Å²) in [4.78, 5) is 13.0. The molecule has 0 fully saturated rings. The number of nitrogens with zero attached hydrogens (tertiary/aromatic N) is 1. The summed E-state index contributed by atoms with van der Waals surface area (Å²) in [6, 6.07) is 18.0. The third-order valence-electron chi connectivity index (χ3n) is 6.28. The van der Waals surface area contributed by atoms with Crippen LogP contribution in [0.5, 0.6) is 17.2 Å². The van der Waals surface area contributed by atoms with Crippen molar-refractivity contribution in [1.82, 2.24) is 0 Å². The largest absolute Gasteiger partial charge is 0.495 e. The molecule has 4 rings (SSSR count). The van der Waals surface area contributed by atoms with Gasteiger partial charge in [-0.1, -0.05) is 40.9 Å². The number of ether oxygens (including phenoxy) is 3. The first-order valence-corrected chi connectivity index (χ1v) is 16.8. The number of halogens is 3. The molecule has 11 nitrogen and oxygen atoms in total. The molecular weight excluding hydrogens is 689 g/mol. The van der Waals surface area contributed by atoms with E-state index in [4.69, 9.17) is 49.0 Å². The molecule has 4 aromatic carbocycles. The van der Waals surface area contributed by atoms with Gasteiger partial charge in [0.2, 0.25) is 5.91 Å². The summed E-state index contributed by atoms with van der Waals surface area (Å²) in [7, 11) is -4.37. The van der Waals surface area contributed by atoms with E-state index >= 15 is 0 Å². The minimum absolute atomic E-state index is 0.00197. The van der Waals surface area contributed by atoms with E-state index in [0.717, 1.165) is 4.31 Å². The van der Waals surface area contributed by atoms with Crippen LogP contribution >= 0.6 is 34.8 Å². The maximum atomic E-state index is 14.0. The van der Waals surface area contributed by atoms with Gasteiger partial charge in [-0.2, -0.15) is 0 Å². The number of nitrogens with one attached hydrogen (secondary N) is 2. The molecule has 4 aromatic rings. The Labute approximate surface area is 275 Å². The first kappa shape index (κ1) is 34.0. The zero-order chi connectivity index (χ0) is 32.9. The lowest BCUT2D eigenvalue weighted by molar-refractivity contribution is -0.114. The highest BCUT2D eigenvalue weighted by Crippen LogP contribution is 2.37. The van der Waals surface area contributed by atoms with Gasteiger partial charge in [0.05, 0.1) is 52.5 Å². The number of rotatable bonds is 12. The van der Waals surface area contributed by atoms with Crippen molar-refractivity contribution in [3.8, 4) is 17.2 Å². The second-order valence-electron chi connectivity index (χ2n) is 9.12. The molecule has 0 unspecified atom stereocenters. The van der Waals surface area contributed by atoms with Crippen molar-refractivity contribution in [3.63, 3.8) is 0 Å². The predicted molar refractivity (Wildman–Crippen MR) is 174 cm³/mol. The number of carbonyl (C=O) groups excluding carboxylic acids is 1. The van der Waals surface area contributed by atoms with Crippen LogP contribution in [0, 0.1) is 0 Å². The van der Waals surface area contributed by atoms with Crippen LogP contribution < -0.4 is 28.6 Å². The lowest BCUT2D eigenvalue weighted by Crippen LogP contribution is -2.38. The smallest absolute Gasteiger partial charge is 0.265 e. The molecule has 0 aliphatic rings. The van der Waals surface area contributed by atoms with Crippen LogP contribution in [-0.4, -0.2) is 50.6 Å². The van der Waals surface area contributed by atoms with Crippen LogP contribution in [0.4, 0.5) is 17.1 Å². The van der Waals surface area contributed by atoms with Gasteiger partial charge in [-0.05, 0) is 66.7 Å². The Bertz CT molecular complexity index is 1940. The second-order valence-corrected chi connectivity index (χ2v) is 13.9. The Morgan fingerprint density at radius 3 is 2.02 bits per heavy atom. The van der Waals surface area contributed by atoms with Gasteiger partial charge in [0.15, 0.2) is 11.5 Å². The zero-order valence-electron chi connectivity index (χ0n) is 23.9. The monoisotopic (exact) mass is 713 g/mol. The van der Waals surface area contributed by atoms with Crippen LogP contribution in [-0.2, 0) is 24.8 Å². The lowest BCUT2D eigenvalue weighted by atomic mass is 10.3. The van der Waals surface area contributed by atoms with Gasteiger partial charge < -0.3 is 19.5 Å². The van der Waals surface area contributed by atoms with Crippen molar-refractivity contribution in [2.24, 2.45) is 0 Å². The highest BCUT2D eigenvalue weighted by Gasteiger charge is 2.31. The SMILES string of the molecule is COc1ccc(S(=O)(=O)N(CC(=O)Nc2ccc(S(=O)(=O)Nc3cccc(Cl)c3Cl)cc2)c2cc(Cl)ccc2OC)cc1OC. The Morgan fingerprint density at radius 2 is 1.38 bits per heavy atom. The Kier molecular flexibility index (Phi) is 10.6. The van der Waals surface area contributed by atoms with Crippen molar-refractivity contribution in [3.05, 3.63) is 93.9 Å². The maximum absolute atomic E-state index is 14.0. The van der Waals surface area contributed by atoms with Crippen LogP contribution in [0.25, 0.3) is 0 Å². The topological polar surface area (TPSA) is 140 Å². The van der Waals surface area contributed by atoms with Gasteiger partial charge >= 0.3 is 0 Å². The first-order valence-electron chi connectivity index (χ1n) is 12.8. The standard InChI is InChI=1S/C29H26Cl3N3O8S2/c1-41-25-13-7-18(30)15-24(25)35(45(39,40)21-12-14-26(42-2)27(16-21)43-3)17-28(36)33-19-8-10-20(11-9-19)44(37,38)34-23-6-4-5-22(31)29(23)32/h4-16,34H,17H2,1-3H3,(H,33,36). The molecule has 0 spiro atoms. The molecule has 0 saturated heterocycles. The lowest BCUT2D eigenvalue weighted by Gasteiger charge is -2.26. The molecule has 0 aliphatic heterocycles. The molecule has 1 amide bonds. The highest BCUT2D eigenvalue weighted by molar-refractivity contribution is 7.93. The number of carbonyl (C=O) groups is 1. The summed E-state index contributed by atoms with van der Waals surface area (Å²) < 4.78 is 72.8.